The molecule has 0 radical (unpaired) electrons. The summed E-state index contributed by atoms with van der Waals surface area (Å²) in [5.74, 6) is -0.621. The van der Waals surface area contributed by atoms with E-state index in [1.54, 1.807) is 6.07 Å². The van der Waals surface area contributed by atoms with Gasteiger partial charge >= 0.3 is 5.97 Å². The van der Waals surface area contributed by atoms with E-state index in [2.05, 4.69) is 20.9 Å². The van der Waals surface area contributed by atoms with Crippen LogP contribution in [-0.4, -0.2) is 16.1 Å². The maximum atomic E-state index is 11.1. The van der Waals surface area contributed by atoms with Gasteiger partial charge in [0.15, 0.2) is 0 Å². The van der Waals surface area contributed by atoms with E-state index < -0.39 is 5.97 Å². The van der Waals surface area contributed by atoms with E-state index in [-0.39, 0.29) is 5.56 Å². The van der Waals surface area contributed by atoms with Crippen LogP contribution >= 0.6 is 15.9 Å². The van der Waals surface area contributed by atoms with E-state index in [4.69, 9.17) is 9.84 Å². The Labute approximate surface area is 131 Å². The number of aromatic carboxylic acids is 1. The highest BCUT2D eigenvalue weighted by Gasteiger charge is 2.09. The lowest BCUT2D eigenvalue weighted by Crippen LogP contribution is -2.04. The summed E-state index contributed by atoms with van der Waals surface area (Å²) in [4.78, 5) is 15.5. The van der Waals surface area contributed by atoms with Crippen molar-refractivity contribution in [2.24, 2.45) is 0 Å². The molecule has 4 nitrogen and oxygen atoms in total. The summed E-state index contributed by atoms with van der Waals surface area (Å²) < 4.78 is 6.62. The summed E-state index contributed by atoms with van der Waals surface area (Å²) in [6.45, 7) is 2.38. The topological polar surface area (TPSA) is 59.4 Å². The largest absolute Gasteiger partial charge is 0.478 e. The lowest BCUT2D eigenvalue weighted by molar-refractivity contribution is 0.0696. The minimum atomic E-state index is -0.969. The lowest BCUT2D eigenvalue weighted by Gasteiger charge is -2.08. The van der Waals surface area contributed by atoms with Crippen LogP contribution in [0.2, 0.25) is 0 Å². The van der Waals surface area contributed by atoms with Crippen molar-refractivity contribution < 1.29 is 14.6 Å². The number of nitrogens with zero attached hydrogens (tertiary/aromatic N) is 1. The van der Waals surface area contributed by atoms with Crippen molar-refractivity contribution in [2.45, 2.75) is 26.4 Å². The molecule has 2 rings (SSSR count). The molecule has 0 saturated carbocycles. The fraction of sp³-hybridized carbons (Fsp3) is 0.250. The Morgan fingerprint density at radius 1 is 1.29 bits per heavy atom. The number of pyridine rings is 1. The molecular weight excluding hydrogens is 334 g/mol. The first-order valence-electron chi connectivity index (χ1n) is 6.70. The van der Waals surface area contributed by atoms with Crippen molar-refractivity contribution in [3.63, 3.8) is 0 Å². The number of carbonyl (C=O) groups is 1. The molecule has 0 atom stereocenters. The summed E-state index contributed by atoms with van der Waals surface area (Å²) in [6.07, 6.45) is 1.64. The molecule has 0 saturated heterocycles. The van der Waals surface area contributed by atoms with E-state index >= 15 is 0 Å². The van der Waals surface area contributed by atoms with Gasteiger partial charge in [0, 0.05) is 16.2 Å². The van der Waals surface area contributed by atoms with Crippen LogP contribution in [0.5, 0.6) is 5.88 Å². The molecular formula is C16H16BrNO3. The third-order valence-corrected chi connectivity index (χ3v) is 3.44. The van der Waals surface area contributed by atoms with Crippen LogP contribution in [0.4, 0.5) is 0 Å². The average Bonchev–Trinajstić information content (AvgIpc) is 2.47. The molecule has 0 unspecified atom stereocenters. The second-order valence-electron chi connectivity index (χ2n) is 4.66. The van der Waals surface area contributed by atoms with Gasteiger partial charge in [-0.15, -0.1) is 0 Å². The number of benzene rings is 1. The first kappa shape index (κ1) is 15.5. The van der Waals surface area contributed by atoms with E-state index in [0.29, 0.717) is 12.5 Å². The van der Waals surface area contributed by atoms with Crippen molar-refractivity contribution in [3.05, 3.63) is 57.7 Å². The Balaban J connectivity index is 2.14. The van der Waals surface area contributed by atoms with Crippen LogP contribution in [0, 0.1) is 0 Å². The average molecular weight is 350 g/mol. The molecule has 5 heteroatoms. The van der Waals surface area contributed by atoms with Gasteiger partial charge in [-0.3, -0.25) is 0 Å². The second-order valence-corrected chi connectivity index (χ2v) is 5.57. The predicted octanol–water partition coefficient (Wildman–Crippen LogP) is 4.07. The van der Waals surface area contributed by atoms with Crippen molar-refractivity contribution in [1.82, 2.24) is 4.98 Å². The molecule has 0 amide bonds. The maximum absolute atomic E-state index is 11.1. The molecule has 0 aliphatic rings. The Morgan fingerprint density at radius 2 is 2.00 bits per heavy atom. The number of carboxylic acid groups (broad SMARTS) is 1. The summed E-state index contributed by atoms with van der Waals surface area (Å²) in [5, 5.41) is 9.13. The van der Waals surface area contributed by atoms with Crippen LogP contribution in [0.25, 0.3) is 0 Å². The number of hydrogen-bond acceptors (Lipinski definition) is 3. The fourth-order valence-corrected chi connectivity index (χ4v) is 2.14. The molecule has 110 valence electrons. The first-order chi connectivity index (χ1) is 10.1. The van der Waals surface area contributed by atoms with Gasteiger partial charge in [-0.1, -0.05) is 41.4 Å². The fourth-order valence-electron chi connectivity index (χ4n) is 1.88. The number of rotatable bonds is 6. The van der Waals surface area contributed by atoms with Crippen LogP contribution < -0.4 is 4.74 Å². The number of ether oxygens (including phenoxy) is 1. The van der Waals surface area contributed by atoms with E-state index in [1.807, 2.05) is 31.2 Å². The minimum Gasteiger partial charge on any atom is -0.478 e. The number of hydrogen-bond donors (Lipinski definition) is 1. The quantitative estimate of drug-likeness (QED) is 0.853. The predicted molar refractivity (Wildman–Crippen MR) is 83.7 cm³/mol. The van der Waals surface area contributed by atoms with Crippen LogP contribution in [0.3, 0.4) is 0 Å². The standard InChI is InChI=1S/C16H16BrNO3/c1-2-3-14-8-12(16(19)20)9-15(18-14)21-10-11-4-6-13(17)7-5-11/h4-9H,2-3,10H2,1H3,(H,19,20). The maximum Gasteiger partial charge on any atom is 0.335 e. The van der Waals surface area contributed by atoms with Gasteiger partial charge in [-0.2, -0.15) is 0 Å². The molecule has 0 aliphatic heterocycles. The van der Waals surface area contributed by atoms with Gasteiger partial charge in [-0.05, 0) is 30.2 Å². The Kier molecular flexibility index (Phi) is 5.33. The monoisotopic (exact) mass is 349 g/mol. The highest BCUT2D eigenvalue weighted by atomic mass is 79.9. The third kappa shape index (κ3) is 4.56. The molecule has 1 aromatic heterocycles. The summed E-state index contributed by atoms with van der Waals surface area (Å²) in [7, 11) is 0. The summed E-state index contributed by atoms with van der Waals surface area (Å²) in [5.41, 5.74) is 1.94. The van der Waals surface area contributed by atoms with Gasteiger partial charge in [0.05, 0.1) is 5.56 Å². The highest BCUT2D eigenvalue weighted by molar-refractivity contribution is 9.10. The van der Waals surface area contributed by atoms with Crippen LogP contribution in [0.15, 0.2) is 40.9 Å². The molecule has 0 spiro atoms. The Morgan fingerprint density at radius 3 is 2.62 bits per heavy atom. The first-order valence-corrected chi connectivity index (χ1v) is 7.49. The smallest absolute Gasteiger partial charge is 0.335 e. The molecule has 0 fully saturated rings. The van der Waals surface area contributed by atoms with Gasteiger partial charge in [-0.25, -0.2) is 9.78 Å². The van der Waals surface area contributed by atoms with E-state index in [1.165, 1.54) is 6.07 Å². The van der Waals surface area contributed by atoms with Gasteiger partial charge < -0.3 is 9.84 Å². The molecule has 1 heterocycles. The van der Waals surface area contributed by atoms with E-state index in [9.17, 15) is 4.79 Å². The van der Waals surface area contributed by atoms with Gasteiger partial charge in [0.1, 0.15) is 6.61 Å². The van der Waals surface area contributed by atoms with Gasteiger partial charge in [0.25, 0.3) is 0 Å². The van der Waals surface area contributed by atoms with Gasteiger partial charge in [0.2, 0.25) is 5.88 Å². The zero-order chi connectivity index (χ0) is 15.2. The molecule has 2 aromatic rings. The number of aromatic nitrogens is 1. The summed E-state index contributed by atoms with van der Waals surface area (Å²) in [6, 6.07) is 10.8. The molecule has 0 bridgehead atoms. The van der Waals surface area contributed by atoms with Crippen molar-refractivity contribution in [3.8, 4) is 5.88 Å². The van der Waals surface area contributed by atoms with Crippen molar-refractivity contribution in [1.29, 1.82) is 0 Å². The third-order valence-electron chi connectivity index (χ3n) is 2.91. The second kappa shape index (κ2) is 7.22. The summed E-state index contributed by atoms with van der Waals surface area (Å²) >= 11 is 3.38. The van der Waals surface area contributed by atoms with Crippen molar-refractivity contribution in [2.75, 3.05) is 0 Å². The van der Waals surface area contributed by atoms with Crippen molar-refractivity contribution >= 4 is 21.9 Å². The zero-order valence-electron chi connectivity index (χ0n) is 11.7. The van der Waals surface area contributed by atoms with E-state index in [0.717, 1.165) is 28.6 Å². The van der Waals surface area contributed by atoms with Crippen LogP contribution in [-0.2, 0) is 13.0 Å². The zero-order valence-corrected chi connectivity index (χ0v) is 13.3. The molecule has 21 heavy (non-hydrogen) atoms. The number of halogens is 1. The molecule has 0 aliphatic carbocycles. The molecule has 1 N–H and O–H groups in total. The Bertz CT molecular complexity index is 626. The number of aryl methyl sites for hydroxylation is 1. The molecule has 1 aromatic carbocycles. The minimum absolute atomic E-state index is 0.208. The lowest BCUT2D eigenvalue weighted by atomic mass is 10.1. The van der Waals surface area contributed by atoms with Crippen LogP contribution in [0.1, 0.15) is 35.0 Å². The normalized spacial score (nSPS) is 10.4. The SMILES string of the molecule is CCCc1cc(C(=O)O)cc(OCc2ccc(Br)cc2)n1. The Hall–Kier alpha value is -1.88. The highest BCUT2D eigenvalue weighted by Crippen LogP contribution is 2.17. The number of carboxylic acids is 1.